The minimum atomic E-state index is -3.32. The largest absolute Gasteiger partial charge is 0.495 e. The number of ether oxygens (including phenoxy) is 1. The topological polar surface area (TPSA) is 120 Å². The van der Waals surface area contributed by atoms with Gasteiger partial charge in [-0.2, -0.15) is 14.1 Å². The van der Waals surface area contributed by atoms with Gasteiger partial charge in [0.05, 0.1) is 37.2 Å². The number of sulfonamides is 1. The molecule has 10 heteroatoms. The Kier molecular flexibility index (Phi) is 4.54. The summed E-state index contributed by atoms with van der Waals surface area (Å²) < 4.78 is 31.7. The van der Waals surface area contributed by atoms with Crippen LogP contribution in [0.3, 0.4) is 0 Å². The van der Waals surface area contributed by atoms with Crippen molar-refractivity contribution in [2.45, 2.75) is 25.3 Å². The number of carbonyl (C=O) groups is 1. The van der Waals surface area contributed by atoms with Crippen LogP contribution in [-0.2, 0) is 23.0 Å². The fourth-order valence-electron chi connectivity index (χ4n) is 3.94. The molecule has 1 aromatic heterocycles. The van der Waals surface area contributed by atoms with Crippen molar-refractivity contribution in [3.8, 4) is 5.75 Å². The van der Waals surface area contributed by atoms with E-state index in [-0.39, 0.29) is 12.5 Å². The van der Waals surface area contributed by atoms with Gasteiger partial charge in [0.15, 0.2) is 0 Å². The Balaban J connectivity index is 1.69. The lowest BCUT2D eigenvalue weighted by Gasteiger charge is -2.27. The summed E-state index contributed by atoms with van der Waals surface area (Å²) in [5.74, 6) is 0.373. The minimum absolute atomic E-state index is 0.134. The summed E-state index contributed by atoms with van der Waals surface area (Å²) in [6.45, 7) is 1.10. The number of nitrogen functional groups attached to an aromatic ring is 1. The average molecular weight is 405 g/mol. The second kappa shape index (κ2) is 6.78. The zero-order valence-electron chi connectivity index (χ0n) is 15.8. The van der Waals surface area contributed by atoms with Gasteiger partial charge in [-0.3, -0.25) is 4.79 Å². The van der Waals surface area contributed by atoms with Gasteiger partial charge in [-0.1, -0.05) is 12.1 Å². The first-order chi connectivity index (χ1) is 13.3. The van der Waals surface area contributed by atoms with E-state index in [9.17, 15) is 13.2 Å². The molecule has 2 aliphatic rings. The van der Waals surface area contributed by atoms with Crippen molar-refractivity contribution < 1.29 is 17.9 Å². The normalized spacial score (nSPS) is 19.4. The van der Waals surface area contributed by atoms with Crippen molar-refractivity contribution in [1.29, 1.82) is 0 Å². The van der Waals surface area contributed by atoms with Gasteiger partial charge in [0.1, 0.15) is 11.6 Å². The molecule has 0 spiro atoms. The quantitative estimate of drug-likeness (QED) is 0.783. The number of anilines is 2. The number of para-hydroxylation sites is 1. The van der Waals surface area contributed by atoms with Gasteiger partial charge in [-0.15, -0.1) is 0 Å². The Bertz CT molecular complexity index is 1050. The molecule has 3 heterocycles. The highest BCUT2D eigenvalue weighted by molar-refractivity contribution is 7.88. The van der Waals surface area contributed by atoms with Crippen molar-refractivity contribution in [2.24, 2.45) is 0 Å². The fourth-order valence-corrected chi connectivity index (χ4v) is 4.72. The summed E-state index contributed by atoms with van der Waals surface area (Å²) >= 11 is 0. The van der Waals surface area contributed by atoms with Crippen LogP contribution in [0.25, 0.3) is 0 Å². The van der Waals surface area contributed by atoms with Gasteiger partial charge >= 0.3 is 0 Å². The highest BCUT2D eigenvalue weighted by Crippen LogP contribution is 2.39. The van der Waals surface area contributed by atoms with E-state index in [1.54, 1.807) is 7.11 Å². The summed E-state index contributed by atoms with van der Waals surface area (Å²) in [5, 5.41) is 7.68. The molecule has 3 N–H and O–H groups in total. The second-order valence-electron chi connectivity index (χ2n) is 7.10. The van der Waals surface area contributed by atoms with Gasteiger partial charge in [-0.05, 0) is 24.5 Å². The highest BCUT2D eigenvalue weighted by Gasteiger charge is 2.34. The molecular weight excluding hydrogens is 382 g/mol. The third kappa shape index (κ3) is 3.02. The third-order valence-corrected chi connectivity index (χ3v) is 6.66. The van der Waals surface area contributed by atoms with E-state index in [2.05, 4.69) is 10.4 Å². The molecule has 0 amide bonds. The van der Waals surface area contributed by atoms with Crippen LogP contribution >= 0.6 is 0 Å². The first-order valence-electron chi connectivity index (χ1n) is 9.07. The SMILES string of the molecule is COc1cccc2c1NCC[C@@H]2C(=O)n1nc2c(c1N)CCN(S(C)(=O)=O)C2. The van der Waals surface area contributed by atoms with Crippen LogP contribution < -0.4 is 15.8 Å². The maximum absolute atomic E-state index is 13.3. The minimum Gasteiger partial charge on any atom is -0.495 e. The smallest absolute Gasteiger partial charge is 0.256 e. The molecule has 0 radical (unpaired) electrons. The summed E-state index contributed by atoms with van der Waals surface area (Å²) in [5.41, 5.74) is 9.20. The number of benzene rings is 1. The van der Waals surface area contributed by atoms with E-state index in [1.165, 1.54) is 15.2 Å². The number of nitrogens with zero attached hydrogens (tertiary/aromatic N) is 3. The summed E-state index contributed by atoms with van der Waals surface area (Å²) in [6.07, 6.45) is 2.22. The number of hydrogen-bond donors (Lipinski definition) is 2. The second-order valence-corrected chi connectivity index (χ2v) is 9.08. The lowest BCUT2D eigenvalue weighted by molar-refractivity contribution is 0.0859. The van der Waals surface area contributed by atoms with E-state index in [0.29, 0.717) is 43.2 Å². The number of methoxy groups -OCH3 is 1. The Morgan fingerprint density at radius 1 is 1.39 bits per heavy atom. The van der Waals surface area contributed by atoms with Crippen LogP contribution in [0.5, 0.6) is 5.75 Å². The standard InChI is InChI=1S/C18H23N5O4S/c1-27-15-5-3-4-11-12(6-8-20-16(11)15)18(24)23-17(19)13-7-9-22(28(2,25)26)10-14(13)21-23/h3-5,12,20H,6-10,19H2,1-2H3/t12-/m0/s1. The molecule has 1 aromatic carbocycles. The van der Waals surface area contributed by atoms with Gasteiger partial charge < -0.3 is 15.8 Å². The van der Waals surface area contributed by atoms with Crippen LogP contribution in [0.2, 0.25) is 0 Å². The molecule has 0 aliphatic carbocycles. The van der Waals surface area contributed by atoms with E-state index >= 15 is 0 Å². The first kappa shape index (κ1) is 18.8. The van der Waals surface area contributed by atoms with Crippen molar-refractivity contribution in [2.75, 3.05) is 37.5 Å². The van der Waals surface area contributed by atoms with Crippen LogP contribution in [0, 0.1) is 0 Å². The van der Waals surface area contributed by atoms with Crippen molar-refractivity contribution in [3.05, 3.63) is 35.0 Å². The predicted molar refractivity (Wildman–Crippen MR) is 105 cm³/mol. The van der Waals surface area contributed by atoms with Crippen molar-refractivity contribution in [1.82, 2.24) is 14.1 Å². The first-order valence-corrected chi connectivity index (χ1v) is 10.9. The maximum Gasteiger partial charge on any atom is 0.256 e. The van der Waals surface area contributed by atoms with Crippen LogP contribution in [0.4, 0.5) is 11.5 Å². The number of rotatable bonds is 3. The number of aromatic nitrogens is 2. The monoisotopic (exact) mass is 405 g/mol. The van der Waals surface area contributed by atoms with Crippen molar-refractivity contribution >= 4 is 27.4 Å². The van der Waals surface area contributed by atoms with Crippen LogP contribution in [0.15, 0.2) is 18.2 Å². The molecular formula is C18H23N5O4S. The Labute approximate surface area is 163 Å². The summed E-state index contributed by atoms with van der Waals surface area (Å²) in [7, 11) is -1.73. The van der Waals surface area contributed by atoms with E-state index < -0.39 is 15.9 Å². The molecule has 0 saturated heterocycles. The molecule has 2 aromatic rings. The van der Waals surface area contributed by atoms with Crippen LogP contribution in [0.1, 0.15) is 34.0 Å². The number of nitrogens with two attached hydrogens (primary N) is 1. The number of nitrogens with one attached hydrogen (secondary N) is 1. The van der Waals surface area contributed by atoms with E-state index in [1.807, 2.05) is 18.2 Å². The molecule has 4 rings (SSSR count). The fraction of sp³-hybridized carbons (Fsp3) is 0.444. The zero-order chi connectivity index (χ0) is 20.1. The zero-order valence-corrected chi connectivity index (χ0v) is 16.6. The lowest BCUT2D eigenvalue weighted by atomic mass is 9.90. The van der Waals surface area contributed by atoms with Gasteiger partial charge in [0.25, 0.3) is 5.91 Å². The van der Waals surface area contributed by atoms with Crippen LogP contribution in [-0.4, -0.2) is 54.9 Å². The molecule has 0 bridgehead atoms. The highest BCUT2D eigenvalue weighted by atomic mass is 32.2. The van der Waals surface area contributed by atoms with E-state index in [0.717, 1.165) is 16.8 Å². The number of carbonyl (C=O) groups excluding carboxylic acids is 1. The number of hydrogen-bond acceptors (Lipinski definition) is 7. The molecule has 9 nitrogen and oxygen atoms in total. The molecule has 0 saturated carbocycles. The van der Waals surface area contributed by atoms with Crippen molar-refractivity contribution in [3.63, 3.8) is 0 Å². The van der Waals surface area contributed by atoms with Gasteiger partial charge in [0, 0.05) is 18.7 Å². The number of fused-ring (bicyclic) bond motifs is 2. The molecule has 2 aliphatic heterocycles. The molecule has 0 unspecified atom stereocenters. The van der Waals surface area contributed by atoms with E-state index in [4.69, 9.17) is 10.5 Å². The summed E-state index contributed by atoms with van der Waals surface area (Å²) in [4.78, 5) is 13.3. The van der Waals surface area contributed by atoms with Gasteiger partial charge in [0.2, 0.25) is 10.0 Å². The molecule has 150 valence electrons. The summed E-state index contributed by atoms with van der Waals surface area (Å²) in [6, 6.07) is 5.60. The Morgan fingerprint density at radius 3 is 2.89 bits per heavy atom. The maximum atomic E-state index is 13.3. The Morgan fingerprint density at radius 2 is 2.18 bits per heavy atom. The average Bonchev–Trinajstić information content (AvgIpc) is 3.02. The van der Waals surface area contributed by atoms with Gasteiger partial charge in [-0.25, -0.2) is 8.42 Å². The predicted octanol–water partition coefficient (Wildman–Crippen LogP) is 1.03. The molecule has 28 heavy (non-hydrogen) atoms. The lowest BCUT2D eigenvalue weighted by Crippen LogP contribution is -2.35. The molecule has 1 atom stereocenters. The Hall–Kier alpha value is -2.59. The third-order valence-electron chi connectivity index (χ3n) is 5.41. The molecule has 0 fully saturated rings.